The largest absolute Gasteiger partial charge is 0.459 e. The first-order chi connectivity index (χ1) is 9.63. The summed E-state index contributed by atoms with van der Waals surface area (Å²) < 4.78 is 6.99. The van der Waals surface area contributed by atoms with E-state index in [1.54, 1.807) is 0 Å². The van der Waals surface area contributed by atoms with Crippen LogP contribution in [0.2, 0.25) is 0 Å². The molecule has 0 saturated heterocycles. The van der Waals surface area contributed by atoms with Gasteiger partial charge in [0.2, 0.25) is 0 Å². The van der Waals surface area contributed by atoms with E-state index in [1.165, 1.54) is 5.56 Å². The monoisotopic (exact) mass is 329 g/mol. The van der Waals surface area contributed by atoms with E-state index in [1.807, 2.05) is 18.2 Å². The van der Waals surface area contributed by atoms with Crippen molar-refractivity contribution in [3.8, 4) is 0 Å². The van der Waals surface area contributed by atoms with Crippen LogP contribution >= 0.6 is 15.9 Å². The van der Waals surface area contributed by atoms with Crippen LogP contribution in [-0.2, 0) is 0 Å². The molecule has 3 aromatic rings. The van der Waals surface area contributed by atoms with Gasteiger partial charge in [-0.15, -0.1) is 0 Å². The van der Waals surface area contributed by atoms with E-state index in [9.17, 15) is 0 Å². The molecule has 2 aromatic carbocycles. The number of furan rings is 1. The SMILES string of the molecule is Cc1ccc(NC(C)c2cc3ccccc3o2)cc1Br. The second-order valence-electron chi connectivity index (χ2n) is 5.02. The molecule has 1 N–H and O–H groups in total. The van der Waals surface area contributed by atoms with E-state index in [0.29, 0.717) is 0 Å². The molecule has 20 heavy (non-hydrogen) atoms. The second-order valence-corrected chi connectivity index (χ2v) is 5.87. The molecule has 0 fully saturated rings. The highest BCUT2D eigenvalue weighted by Crippen LogP contribution is 2.28. The fraction of sp³-hybridized carbons (Fsp3) is 0.176. The predicted molar refractivity (Wildman–Crippen MR) is 87.1 cm³/mol. The average molecular weight is 330 g/mol. The normalized spacial score (nSPS) is 12.6. The van der Waals surface area contributed by atoms with Gasteiger partial charge in [-0.3, -0.25) is 0 Å². The number of hydrogen-bond donors (Lipinski definition) is 1. The van der Waals surface area contributed by atoms with Gasteiger partial charge in [0.05, 0.1) is 6.04 Å². The molecule has 0 aliphatic rings. The minimum absolute atomic E-state index is 0.122. The van der Waals surface area contributed by atoms with Gasteiger partial charge in [-0.05, 0) is 43.7 Å². The summed E-state index contributed by atoms with van der Waals surface area (Å²) in [6, 6.07) is 16.6. The third kappa shape index (κ3) is 2.59. The van der Waals surface area contributed by atoms with Crippen LogP contribution in [0.1, 0.15) is 24.3 Å². The highest BCUT2D eigenvalue weighted by molar-refractivity contribution is 9.10. The van der Waals surface area contributed by atoms with Crippen LogP contribution in [0, 0.1) is 6.92 Å². The molecular formula is C17H16BrNO. The van der Waals surface area contributed by atoms with Gasteiger partial charge >= 0.3 is 0 Å². The van der Waals surface area contributed by atoms with E-state index in [0.717, 1.165) is 26.9 Å². The Morgan fingerprint density at radius 1 is 1.10 bits per heavy atom. The number of rotatable bonds is 3. The van der Waals surface area contributed by atoms with Crippen LogP contribution in [0.5, 0.6) is 0 Å². The van der Waals surface area contributed by atoms with Gasteiger partial charge in [-0.1, -0.05) is 40.2 Å². The molecular weight excluding hydrogens is 314 g/mol. The summed E-state index contributed by atoms with van der Waals surface area (Å²) in [4.78, 5) is 0. The van der Waals surface area contributed by atoms with E-state index in [-0.39, 0.29) is 6.04 Å². The number of hydrogen-bond acceptors (Lipinski definition) is 2. The summed E-state index contributed by atoms with van der Waals surface area (Å²) in [7, 11) is 0. The van der Waals surface area contributed by atoms with Crippen LogP contribution in [-0.4, -0.2) is 0 Å². The van der Waals surface area contributed by atoms with Gasteiger partial charge in [0.25, 0.3) is 0 Å². The van der Waals surface area contributed by atoms with Gasteiger partial charge in [0.15, 0.2) is 0 Å². The smallest absolute Gasteiger partial charge is 0.134 e. The molecule has 102 valence electrons. The Morgan fingerprint density at radius 3 is 2.65 bits per heavy atom. The minimum Gasteiger partial charge on any atom is -0.459 e. The maximum atomic E-state index is 5.88. The lowest BCUT2D eigenvalue weighted by atomic mass is 10.2. The fourth-order valence-electron chi connectivity index (χ4n) is 2.22. The Kier molecular flexibility index (Phi) is 3.53. The van der Waals surface area contributed by atoms with Crippen molar-refractivity contribution in [1.82, 2.24) is 0 Å². The number of aryl methyl sites for hydroxylation is 1. The van der Waals surface area contributed by atoms with Crippen molar-refractivity contribution < 1.29 is 4.42 Å². The number of nitrogens with one attached hydrogen (secondary N) is 1. The van der Waals surface area contributed by atoms with Gasteiger partial charge in [0, 0.05) is 15.5 Å². The molecule has 3 rings (SSSR count). The van der Waals surface area contributed by atoms with Crippen LogP contribution in [0.4, 0.5) is 5.69 Å². The van der Waals surface area contributed by atoms with Crippen molar-refractivity contribution in [3.63, 3.8) is 0 Å². The quantitative estimate of drug-likeness (QED) is 0.669. The molecule has 0 spiro atoms. The second kappa shape index (κ2) is 5.33. The van der Waals surface area contributed by atoms with Crippen molar-refractivity contribution in [3.05, 3.63) is 64.3 Å². The lowest BCUT2D eigenvalue weighted by Gasteiger charge is -2.13. The molecule has 0 bridgehead atoms. The van der Waals surface area contributed by atoms with E-state index < -0.39 is 0 Å². The summed E-state index contributed by atoms with van der Waals surface area (Å²) in [5, 5.41) is 4.60. The zero-order valence-electron chi connectivity index (χ0n) is 11.5. The molecule has 2 nitrogen and oxygen atoms in total. The molecule has 3 heteroatoms. The third-order valence-corrected chi connectivity index (χ3v) is 4.28. The van der Waals surface area contributed by atoms with Crippen molar-refractivity contribution in [1.29, 1.82) is 0 Å². The molecule has 0 radical (unpaired) electrons. The summed E-state index contributed by atoms with van der Waals surface area (Å²) in [6.45, 7) is 4.18. The molecule has 1 heterocycles. The lowest BCUT2D eigenvalue weighted by Crippen LogP contribution is -2.05. The number of para-hydroxylation sites is 1. The Bertz CT molecular complexity index is 715. The third-order valence-electron chi connectivity index (χ3n) is 3.43. The Balaban J connectivity index is 1.84. The molecule has 0 saturated carbocycles. The predicted octanol–water partition coefficient (Wildman–Crippen LogP) is 5.68. The topological polar surface area (TPSA) is 25.2 Å². The number of fused-ring (bicyclic) bond motifs is 1. The fourth-order valence-corrected chi connectivity index (χ4v) is 2.60. The van der Waals surface area contributed by atoms with Crippen LogP contribution in [0.3, 0.4) is 0 Å². The highest BCUT2D eigenvalue weighted by atomic mass is 79.9. The molecule has 1 unspecified atom stereocenters. The average Bonchev–Trinajstić information content (AvgIpc) is 2.87. The molecule has 0 amide bonds. The lowest BCUT2D eigenvalue weighted by molar-refractivity contribution is 0.526. The standard InChI is InChI=1S/C17H16BrNO/c1-11-7-8-14(10-15(11)18)19-12(2)17-9-13-5-3-4-6-16(13)20-17/h3-10,12,19H,1-2H3. The molecule has 0 aliphatic carbocycles. The zero-order chi connectivity index (χ0) is 14.1. The first kappa shape index (κ1) is 13.3. The summed E-state index contributed by atoms with van der Waals surface area (Å²) in [5.74, 6) is 0.947. The van der Waals surface area contributed by atoms with Gasteiger partial charge in [0.1, 0.15) is 11.3 Å². The number of benzene rings is 2. The Morgan fingerprint density at radius 2 is 1.90 bits per heavy atom. The van der Waals surface area contributed by atoms with Crippen LogP contribution in [0.25, 0.3) is 11.0 Å². The number of anilines is 1. The van der Waals surface area contributed by atoms with E-state index in [4.69, 9.17) is 4.42 Å². The van der Waals surface area contributed by atoms with Crippen molar-refractivity contribution in [2.24, 2.45) is 0 Å². The maximum absolute atomic E-state index is 5.88. The van der Waals surface area contributed by atoms with Crippen LogP contribution < -0.4 is 5.32 Å². The molecule has 1 aromatic heterocycles. The van der Waals surface area contributed by atoms with Crippen molar-refractivity contribution >= 4 is 32.6 Å². The minimum atomic E-state index is 0.122. The summed E-state index contributed by atoms with van der Waals surface area (Å²) in [5.41, 5.74) is 3.24. The van der Waals surface area contributed by atoms with Gasteiger partial charge in [-0.2, -0.15) is 0 Å². The maximum Gasteiger partial charge on any atom is 0.134 e. The number of halogens is 1. The Hall–Kier alpha value is -1.74. The molecule has 1 atom stereocenters. The summed E-state index contributed by atoms with van der Waals surface area (Å²) >= 11 is 3.56. The highest BCUT2D eigenvalue weighted by Gasteiger charge is 2.11. The van der Waals surface area contributed by atoms with E-state index >= 15 is 0 Å². The molecule has 0 aliphatic heterocycles. The zero-order valence-corrected chi connectivity index (χ0v) is 13.1. The summed E-state index contributed by atoms with van der Waals surface area (Å²) in [6.07, 6.45) is 0. The first-order valence-corrected chi connectivity index (χ1v) is 7.44. The van der Waals surface area contributed by atoms with Crippen molar-refractivity contribution in [2.45, 2.75) is 19.9 Å². The van der Waals surface area contributed by atoms with Gasteiger partial charge < -0.3 is 9.73 Å². The van der Waals surface area contributed by atoms with Crippen LogP contribution in [0.15, 0.2) is 57.4 Å². The first-order valence-electron chi connectivity index (χ1n) is 6.64. The van der Waals surface area contributed by atoms with E-state index in [2.05, 4.69) is 65.4 Å². The van der Waals surface area contributed by atoms with Gasteiger partial charge in [-0.25, -0.2) is 0 Å². The van der Waals surface area contributed by atoms with Crippen molar-refractivity contribution in [2.75, 3.05) is 5.32 Å². The Labute approximate surface area is 126 Å².